The summed E-state index contributed by atoms with van der Waals surface area (Å²) in [5.74, 6) is -0.214. The number of anilines is 1. The molecule has 0 radical (unpaired) electrons. The highest BCUT2D eigenvalue weighted by Gasteiger charge is 2.54. The minimum Gasteiger partial charge on any atom is -0.444 e. The standard InChI is InChI=1S/C30H41N5O5S/c1-18(2)35-22(36)16-30(27(35)38)12-7-13-34(17-30)20-10-14-33(15-11-20)26(37)23-21-9-8-19(3)31-24(21)41-25(23)32-28(39)40-29(4,5)6/h8-9,18,20H,7,10-17H2,1-6H3,(H,32,39). The number of hydrogen-bond acceptors (Lipinski definition) is 8. The van der Waals surface area contributed by atoms with Crippen molar-refractivity contribution in [1.29, 1.82) is 0 Å². The van der Waals surface area contributed by atoms with Crippen LogP contribution < -0.4 is 5.32 Å². The van der Waals surface area contributed by atoms with Gasteiger partial charge in [0.2, 0.25) is 11.8 Å². The van der Waals surface area contributed by atoms with Gasteiger partial charge in [0.15, 0.2) is 0 Å². The number of thiophene rings is 1. The van der Waals surface area contributed by atoms with E-state index < -0.39 is 17.1 Å². The lowest BCUT2D eigenvalue weighted by atomic mass is 9.77. The first kappa shape index (κ1) is 29.4. The van der Waals surface area contributed by atoms with Gasteiger partial charge < -0.3 is 9.64 Å². The summed E-state index contributed by atoms with van der Waals surface area (Å²) in [6, 6.07) is 3.88. The van der Waals surface area contributed by atoms with Crippen LogP contribution in [0.15, 0.2) is 12.1 Å². The molecule has 41 heavy (non-hydrogen) atoms. The highest BCUT2D eigenvalue weighted by molar-refractivity contribution is 7.23. The van der Waals surface area contributed by atoms with Crippen molar-refractivity contribution < 1.29 is 23.9 Å². The summed E-state index contributed by atoms with van der Waals surface area (Å²) in [4.78, 5) is 63.5. The van der Waals surface area contributed by atoms with Crippen molar-refractivity contribution in [3.05, 3.63) is 23.4 Å². The number of nitrogens with zero attached hydrogens (tertiary/aromatic N) is 4. The Labute approximate surface area is 245 Å². The molecular formula is C30H41N5O5S. The van der Waals surface area contributed by atoms with E-state index in [1.165, 1.54) is 16.2 Å². The summed E-state index contributed by atoms with van der Waals surface area (Å²) >= 11 is 1.28. The Bertz CT molecular complexity index is 1370. The minimum absolute atomic E-state index is 0.0204. The molecule has 3 fully saturated rings. The van der Waals surface area contributed by atoms with Crippen molar-refractivity contribution in [3.8, 4) is 0 Å². The molecule has 10 nitrogen and oxygen atoms in total. The predicted octanol–water partition coefficient (Wildman–Crippen LogP) is 4.81. The quantitative estimate of drug-likeness (QED) is 0.515. The number of fused-ring (bicyclic) bond motifs is 1. The van der Waals surface area contributed by atoms with Crippen LogP contribution in [0, 0.1) is 12.3 Å². The van der Waals surface area contributed by atoms with Gasteiger partial charge in [-0.25, -0.2) is 9.78 Å². The number of rotatable bonds is 4. The van der Waals surface area contributed by atoms with Gasteiger partial charge in [-0.3, -0.25) is 29.5 Å². The van der Waals surface area contributed by atoms with Crippen LogP contribution in [0.4, 0.5) is 9.80 Å². The number of aryl methyl sites for hydroxylation is 1. The second-order valence-electron chi connectivity index (χ2n) is 13.0. The SMILES string of the molecule is Cc1ccc2c(C(=O)N3CCC(N4CCCC5(CC(=O)N(C(C)C)C5=O)C4)CC3)c(NC(=O)OC(C)(C)C)sc2n1. The second kappa shape index (κ2) is 11.0. The molecule has 3 saturated heterocycles. The number of amides is 4. The van der Waals surface area contributed by atoms with Crippen molar-refractivity contribution in [3.63, 3.8) is 0 Å². The number of aromatic nitrogens is 1. The number of piperidine rings is 2. The zero-order valence-electron chi connectivity index (χ0n) is 24.9. The summed E-state index contributed by atoms with van der Waals surface area (Å²) in [7, 11) is 0. The van der Waals surface area contributed by atoms with Crippen molar-refractivity contribution in [2.75, 3.05) is 31.5 Å². The lowest BCUT2D eigenvalue weighted by molar-refractivity contribution is -0.145. The molecule has 3 aliphatic heterocycles. The molecule has 5 heterocycles. The van der Waals surface area contributed by atoms with Gasteiger partial charge in [-0.05, 0) is 85.9 Å². The van der Waals surface area contributed by atoms with Crippen molar-refractivity contribution in [2.24, 2.45) is 5.41 Å². The topological polar surface area (TPSA) is 112 Å². The summed E-state index contributed by atoms with van der Waals surface area (Å²) in [5.41, 5.74) is -0.00329. The van der Waals surface area contributed by atoms with Gasteiger partial charge in [-0.2, -0.15) is 0 Å². The van der Waals surface area contributed by atoms with Crippen LogP contribution in [-0.2, 0) is 14.3 Å². The van der Waals surface area contributed by atoms with E-state index in [-0.39, 0.29) is 29.8 Å². The van der Waals surface area contributed by atoms with E-state index in [1.54, 1.807) is 20.8 Å². The summed E-state index contributed by atoms with van der Waals surface area (Å²) in [6.45, 7) is 13.7. The fourth-order valence-corrected chi connectivity index (χ4v) is 7.60. The van der Waals surface area contributed by atoms with Gasteiger partial charge in [0.25, 0.3) is 5.91 Å². The molecule has 222 valence electrons. The Morgan fingerprint density at radius 3 is 2.49 bits per heavy atom. The molecule has 0 aliphatic carbocycles. The maximum Gasteiger partial charge on any atom is 0.412 e. The van der Waals surface area contributed by atoms with Crippen LogP contribution in [0.2, 0.25) is 0 Å². The molecule has 0 saturated carbocycles. The number of carbonyl (C=O) groups excluding carboxylic acids is 4. The Balaban J connectivity index is 1.30. The van der Waals surface area contributed by atoms with Gasteiger partial charge in [0, 0.05) is 49.2 Å². The van der Waals surface area contributed by atoms with Gasteiger partial charge in [0.1, 0.15) is 15.4 Å². The van der Waals surface area contributed by atoms with Crippen LogP contribution >= 0.6 is 11.3 Å². The van der Waals surface area contributed by atoms with Crippen LogP contribution in [0.3, 0.4) is 0 Å². The third kappa shape index (κ3) is 5.83. The number of likely N-dealkylation sites (tertiary alicyclic amines) is 3. The smallest absolute Gasteiger partial charge is 0.412 e. The minimum atomic E-state index is -0.668. The van der Waals surface area contributed by atoms with Crippen LogP contribution in [0.1, 0.15) is 82.8 Å². The van der Waals surface area contributed by atoms with Crippen LogP contribution in [0.25, 0.3) is 10.2 Å². The number of nitrogens with one attached hydrogen (secondary N) is 1. The molecule has 11 heteroatoms. The molecule has 5 rings (SSSR count). The molecule has 1 atom stereocenters. The average Bonchev–Trinajstić information content (AvgIpc) is 3.34. The van der Waals surface area contributed by atoms with E-state index in [2.05, 4.69) is 15.2 Å². The van der Waals surface area contributed by atoms with E-state index in [0.717, 1.165) is 43.3 Å². The van der Waals surface area contributed by atoms with Crippen molar-refractivity contribution >= 4 is 50.4 Å². The second-order valence-corrected chi connectivity index (χ2v) is 14.0. The van der Waals surface area contributed by atoms with Gasteiger partial charge in [0.05, 0.1) is 11.0 Å². The summed E-state index contributed by atoms with van der Waals surface area (Å²) in [5, 5.41) is 3.96. The normalized spacial score (nSPS) is 22.8. The fraction of sp³-hybridized carbons (Fsp3) is 0.633. The lowest BCUT2D eigenvalue weighted by Gasteiger charge is -2.45. The molecule has 1 N–H and O–H groups in total. The van der Waals surface area contributed by atoms with E-state index >= 15 is 0 Å². The van der Waals surface area contributed by atoms with Crippen molar-refractivity contribution in [1.82, 2.24) is 19.7 Å². The van der Waals surface area contributed by atoms with Gasteiger partial charge in [-0.15, -0.1) is 0 Å². The van der Waals surface area contributed by atoms with Crippen molar-refractivity contribution in [2.45, 2.75) is 91.3 Å². The Hall–Kier alpha value is -3.05. The molecule has 1 unspecified atom stereocenters. The zero-order chi connectivity index (χ0) is 29.7. The molecule has 1 spiro atoms. The highest BCUT2D eigenvalue weighted by Crippen LogP contribution is 2.43. The molecule has 2 aromatic heterocycles. The van der Waals surface area contributed by atoms with E-state index in [1.807, 2.05) is 37.8 Å². The maximum atomic E-state index is 13.9. The number of imide groups is 1. The molecule has 0 bridgehead atoms. The number of pyridine rings is 1. The third-order valence-corrected chi connectivity index (χ3v) is 9.36. The summed E-state index contributed by atoms with van der Waals surface area (Å²) < 4.78 is 5.45. The molecule has 0 aromatic carbocycles. The van der Waals surface area contributed by atoms with Crippen LogP contribution in [0.5, 0.6) is 0 Å². The number of ether oxygens (including phenoxy) is 1. The zero-order valence-corrected chi connectivity index (χ0v) is 25.7. The first-order valence-corrected chi connectivity index (χ1v) is 15.4. The highest BCUT2D eigenvalue weighted by atomic mass is 32.1. The Kier molecular flexibility index (Phi) is 7.88. The first-order valence-electron chi connectivity index (χ1n) is 14.6. The van der Waals surface area contributed by atoms with Crippen LogP contribution in [-0.4, -0.2) is 87.4 Å². The summed E-state index contributed by atoms with van der Waals surface area (Å²) in [6.07, 6.45) is 2.89. The molecule has 3 aliphatic rings. The molecule has 2 aromatic rings. The largest absolute Gasteiger partial charge is 0.444 e. The average molecular weight is 584 g/mol. The Morgan fingerprint density at radius 1 is 1.15 bits per heavy atom. The van der Waals surface area contributed by atoms with Gasteiger partial charge >= 0.3 is 6.09 Å². The Morgan fingerprint density at radius 2 is 1.85 bits per heavy atom. The molecule has 4 amide bonds. The van der Waals surface area contributed by atoms with E-state index in [0.29, 0.717) is 41.5 Å². The first-order chi connectivity index (χ1) is 19.3. The predicted molar refractivity (Wildman–Crippen MR) is 158 cm³/mol. The van der Waals surface area contributed by atoms with E-state index in [4.69, 9.17) is 4.74 Å². The maximum absolute atomic E-state index is 13.9. The van der Waals surface area contributed by atoms with E-state index in [9.17, 15) is 19.2 Å². The number of carbonyl (C=O) groups is 4. The monoisotopic (exact) mass is 583 g/mol. The van der Waals surface area contributed by atoms with Gasteiger partial charge in [-0.1, -0.05) is 11.3 Å². The number of hydrogen-bond donors (Lipinski definition) is 1. The lowest BCUT2D eigenvalue weighted by Crippen LogP contribution is -2.54. The third-order valence-electron chi connectivity index (χ3n) is 8.34. The fourth-order valence-electron chi connectivity index (χ4n) is 6.50. The molecular weight excluding hydrogens is 542 g/mol.